The zero-order chi connectivity index (χ0) is 31.8. The van der Waals surface area contributed by atoms with Gasteiger partial charge in [0.05, 0.1) is 16.9 Å². The Morgan fingerprint density at radius 2 is 1.42 bits per heavy atom. The first-order chi connectivity index (χ1) is 19.9. The highest BCUT2D eigenvalue weighted by atomic mass is 32.2. The summed E-state index contributed by atoms with van der Waals surface area (Å²) in [6, 6.07) is 3.78. The fourth-order valence-corrected chi connectivity index (χ4v) is 9.24. The summed E-state index contributed by atoms with van der Waals surface area (Å²) < 4.78 is 136. The Hall–Kier alpha value is -3.23. The van der Waals surface area contributed by atoms with E-state index in [1.807, 2.05) is 0 Å². The average molecular weight is 640 g/mol. The number of rotatable bonds is 5. The van der Waals surface area contributed by atoms with Gasteiger partial charge in [0.1, 0.15) is 10.6 Å². The first kappa shape index (κ1) is 31.2. The van der Waals surface area contributed by atoms with E-state index in [1.54, 1.807) is 0 Å². The number of carboxylic acids is 1. The minimum absolute atomic E-state index is 0.123. The maximum Gasteiger partial charge on any atom is 0.435 e. The van der Waals surface area contributed by atoms with Crippen molar-refractivity contribution in [3.8, 4) is 0 Å². The summed E-state index contributed by atoms with van der Waals surface area (Å²) in [5, 5.41) is 9.27. The first-order valence-corrected chi connectivity index (χ1v) is 14.8. The number of carbonyl (C=O) groups is 2. The van der Waals surface area contributed by atoms with Crippen LogP contribution in [0.25, 0.3) is 0 Å². The van der Waals surface area contributed by atoms with Gasteiger partial charge < -0.3 is 10.0 Å². The Morgan fingerprint density at radius 3 is 1.95 bits per heavy atom. The van der Waals surface area contributed by atoms with Crippen molar-refractivity contribution in [2.24, 2.45) is 11.8 Å². The second-order valence-corrected chi connectivity index (χ2v) is 13.5. The van der Waals surface area contributed by atoms with Gasteiger partial charge in [-0.3, -0.25) is 9.59 Å². The molecule has 3 aliphatic rings. The SMILES string of the molecule is O=C(O)[C@H]1CC[C@H](C(=O)N2CCC3(S(=O)(=O)c4ccc(F)cc4)c4ccc(C(F)(C(F)(F)F)C(F)(F)F)cc4CC23)CC1. The number of carbonyl (C=O) groups excluding carboxylic acids is 1. The highest BCUT2D eigenvalue weighted by Gasteiger charge is 2.74. The molecule has 15 heteroatoms. The van der Waals surface area contributed by atoms with Gasteiger partial charge in [-0.15, -0.1) is 0 Å². The molecule has 5 rings (SSSR count). The number of likely N-dealkylation sites (tertiary alicyclic amines) is 1. The van der Waals surface area contributed by atoms with E-state index in [2.05, 4.69) is 0 Å². The summed E-state index contributed by atoms with van der Waals surface area (Å²) in [5.74, 6) is -3.61. The van der Waals surface area contributed by atoms with Crippen molar-refractivity contribution in [1.29, 1.82) is 0 Å². The van der Waals surface area contributed by atoms with Gasteiger partial charge in [0, 0.05) is 18.0 Å². The lowest BCUT2D eigenvalue weighted by Gasteiger charge is -2.35. The number of halogens is 8. The molecule has 2 atom stereocenters. The zero-order valence-electron chi connectivity index (χ0n) is 22.2. The molecule has 1 saturated heterocycles. The number of hydrogen-bond donors (Lipinski definition) is 1. The number of fused-ring (bicyclic) bond motifs is 3. The molecule has 2 aromatic rings. The molecule has 0 aromatic heterocycles. The lowest BCUT2D eigenvalue weighted by atomic mass is 9.81. The molecule has 2 fully saturated rings. The van der Waals surface area contributed by atoms with Crippen molar-refractivity contribution in [3.63, 3.8) is 0 Å². The number of alkyl halides is 7. The quantitative estimate of drug-likeness (QED) is 0.329. The molecule has 2 unspecified atom stereocenters. The van der Waals surface area contributed by atoms with E-state index in [0.717, 1.165) is 30.3 Å². The molecule has 1 amide bonds. The summed E-state index contributed by atoms with van der Waals surface area (Å²) in [7, 11) is -4.57. The molecule has 2 aliphatic carbocycles. The second-order valence-electron chi connectivity index (χ2n) is 11.3. The van der Waals surface area contributed by atoms with Gasteiger partial charge in [-0.2, -0.15) is 26.3 Å². The van der Waals surface area contributed by atoms with Gasteiger partial charge in [0.2, 0.25) is 5.91 Å². The van der Waals surface area contributed by atoms with Crippen LogP contribution in [0.4, 0.5) is 35.1 Å². The molecule has 1 saturated carbocycles. The predicted molar refractivity (Wildman–Crippen MR) is 134 cm³/mol. The van der Waals surface area contributed by atoms with Crippen LogP contribution in [0.3, 0.4) is 0 Å². The maximum atomic E-state index is 15.0. The molecular formula is C28H25F8NO5S. The van der Waals surface area contributed by atoms with Crippen molar-refractivity contribution in [1.82, 2.24) is 4.90 Å². The summed E-state index contributed by atoms with van der Waals surface area (Å²) in [5.41, 5.74) is -7.98. The largest absolute Gasteiger partial charge is 0.481 e. The van der Waals surface area contributed by atoms with E-state index in [-0.39, 0.29) is 60.7 Å². The molecule has 1 N–H and O–H groups in total. The van der Waals surface area contributed by atoms with Gasteiger partial charge >= 0.3 is 24.0 Å². The number of amides is 1. The average Bonchev–Trinajstić information content (AvgIpc) is 3.47. The molecule has 1 heterocycles. The number of sulfone groups is 1. The third-order valence-corrected chi connectivity index (χ3v) is 11.7. The summed E-state index contributed by atoms with van der Waals surface area (Å²) in [6.45, 7) is -0.123. The minimum atomic E-state index is -6.39. The second kappa shape index (κ2) is 10.2. The van der Waals surface area contributed by atoms with Crippen LogP contribution < -0.4 is 0 Å². The van der Waals surface area contributed by atoms with E-state index in [4.69, 9.17) is 0 Å². The normalized spacial score (nSPS) is 26.2. The van der Waals surface area contributed by atoms with E-state index in [1.165, 1.54) is 4.90 Å². The number of nitrogens with zero attached hydrogens (tertiary/aromatic N) is 1. The first-order valence-electron chi connectivity index (χ1n) is 13.4. The fourth-order valence-electron chi connectivity index (χ4n) is 6.90. The van der Waals surface area contributed by atoms with Crippen molar-refractivity contribution in [3.05, 3.63) is 65.0 Å². The van der Waals surface area contributed by atoms with Crippen LogP contribution in [0.15, 0.2) is 47.4 Å². The van der Waals surface area contributed by atoms with Gasteiger partial charge in [-0.05, 0) is 73.9 Å². The predicted octanol–water partition coefficient (Wildman–Crippen LogP) is 5.83. The molecule has 6 nitrogen and oxygen atoms in total. The fraction of sp³-hybridized carbons (Fsp3) is 0.500. The Bertz CT molecular complexity index is 1530. The molecule has 0 spiro atoms. The highest BCUT2D eigenvalue weighted by Crippen LogP contribution is 2.58. The summed E-state index contributed by atoms with van der Waals surface area (Å²) in [4.78, 5) is 25.9. The Kier molecular flexibility index (Phi) is 7.37. The van der Waals surface area contributed by atoms with Crippen LogP contribution >= 0.6 is 0 Å². The van der Waals surface area contributed by atoms with Crippen molar-refractivity contribution >= 4 is 21.7 Å². The Labute approximate surface area is 240 Å². The number of aliphatic carboxylic acids is 1. The zero-order valence-corrected chi connectivity index (χ0v) is 23.0. The monoisotopic (exact) mass is 639 g/mol. The Morgan fingerprint density at radius 1 is 0.860 bits per heavy atom. The lowest BCUT2D eigenvalue weighted by molar-refractivity contribution is -0.348. The van der Waals surface area contributed by atoms with Crippen LogP contribution in [-0.4, -0.2) is 55.2 Å². The van der Waals surface area contributed by atoms with E-state index in [9.17, 15) is 58.2 Å². The standard InChI is InChI=1S/C28H25F8NO5S/c29-19-6-8-20(9-7-19)43(41,42)25-11-12-37(23(38)15-1-3-16(4-2-15)24(39)40)22(25)14-17-13-18(5-10-21(17)25)26(30,27(31,32)33)28(34,35)36/h5-10,13,15-16,22H,1-4,11-12,14H2,(H,39,40)/t15-,16-,22?,25?. The highest BCUT2D eigenvalue weighted by molar-refractivity contribution is 7.92. The topological polar surface area (TPSA) is 91.8 Å². The van der Waals surface area contributed by atoms with Crippen molar-refractivity contribution in [2.45, 2.75) is 72.2 Å². The number of hydrogen-bond acceptors (Lipinski definition) is 4. The van der Waals surface area contributed by atoms with Crippen LogP contribution in [0.1, 0.15) is 48.8 Å². The summed E-state index contributed by atoms with van der Waals surface area (Å²) in [6.07, 6.45) is -12.8. The van der Waals surface area contributed by atoms with Crippen LogP contribution in [-0.2, 0) is 36.3 Å². The van der Waals surface area contributed by atoms with Gasteiger partial charge in [-0.1, -0.05) is 18.2 Å². The minimum Gasteiger partial charge on any atom is -0.481 e. The molecule has 234 valence electrons. The van der Waals surface area contributed by atoms with Crippen LogP contribution in [0.5, 0.6) is 0 Å². The molecule has 1 aliphatic heterocycles. The Balaban J connectivity index is 1.61. The molecular weight excluding hydrogens is 614 g/mol. The maximum absolute atomic E-state index is 15.0. The van der Waals surface area contributed by atoms with Gasteiger partial charge in [0.15, 0.2) is 9.84 Å². The smallest absolute Gasteiger partial charge is 0.435 e. The molecule has 0 bridgehead atoms. The summed E-state index contributed by atoms with van der Waals surface area (Å²) >= 11 is 0. The third-order valence-electron chi connectivity index (χ3n) is 9.10. The van der Waals surface area contributed by atoms with Gasteiger partial charge in [-0.25, -0.2) is 17.2 Å². The van der Waals surface area contributed by atoms with Crippen LogP contribution in [0, 0.1) is 17.7 Å². The lowest BCUT2D eigenvalue weighted by Crippen LogP contribution is -2.50. The van der Waals surface area contributed by atoms with E-state index in [0.29, 0.717) is 6.07 Å². The van der Waals surface area contributed by atoms with Crippen LogP contribution in [0.2, 0.25) is 0 Å². The molecule has 0 radical (unpaired) electrons. The number of carboxylic acid groups (broad SMARTS) is 1. The van der Waals surface area contributed by atoms with E-state index < -0.39 is 80.2 Å². The van der Waals surface area contributed by atoms with Gasteiger partial charge in [0.25, 0.3) is 0 Å². The molecule has 2 aromatic carbocycles. The third kappa shape index (κ3) is 4.60. The molecule has 43 heavy (non-hydrogen) atoms. The van der Waals surface area contributed by atoms with E-state index >= 15 is 0 Å². The van der Waals surface area contributed by atoms with Crippen molar-refractivity contribution in [2.75, 3.05) is 6.54 Å². The number of benzene rings is 2. The van der Waals surface area contributed by atoms with Crippen molar-refractivity contribution < 1.29 is 58.2 Å².